The van der Waals surface area contributed by atoms with Crippen LogP contribution in [0.2, 0.25) is 0 Å². The third-order valence-corrected chi connectivity index (χ3v) is 6.28. The summed E-state index contributed by atoms with van der Waals surface area (Å²) in [5, 5.41) is 4.68. The number of benzene rings is 2. The van der Waals surface area contributed by atoms with Gasteiger partial charge in [0.15, 0.2) is 12.1 Å². The maximum Gasteiger partial charge on any atom is 0.231 e. The number of carbonyl (C=O) groups is 1. The van der Waals surface area contributed by atoms with E-state index in [1.165, 1.54) is 12.0 Å². The van der Waals surface area contributed by atoms with Crippen LogP contribution in [0.3, 0.4) is 0 Å². The molecule has 28 heavy (non-hydrogen) atoms. The monoisotopic (exact) mass is 374 g/mol. The van der Waals surface area contributed by atoms with Crippen LogP contribution in [0, 0.1) is 12.8 Å². The molecule has 2 aromatic carbocycles. The Morgan fingerprint density at radius 2 is 1.79 bits per heavy atom. The topological polar surface area (TPSA) is 47.9 Å². The minimum atomic E-state index is -0.205. The fourth-order valence-electron chi connectivity index (χ4n) is 4.83. The first-order valence-electron chi connectivity index (χ1n) is 10.3. The Hall–Kier alpha value is -2.82. The number of nitrogens with zero attached hydrogens (tertiary/aromatic N) is 3. The molecule has 1 saturated heterocycles. The van der Waals surface area contributed by atoms with Crippen LogP contribution >= 0.6 is 0 Å². The third-order valence-electron chi connectivity index (χ3n) is 6.28. The second kappa shape index (κ2) is 6.97. The summed E-state index contributed by atoms with van der Waals surface area (Å²) in [5.41, 5.74) is 6.76. The average Bonchev–Trinajstić information content (AvgIpc) is 3.18. The molecular weight excluding hydrogens is 348 g/mol. The Morgan fingerprint density at radius 3 is 2.57 bits per heavy atom. The van der Waals surface area contributed by atoms with E-state index in [1.54, 1.807) is 0 Å². The van der Waals surface area contributed by atoms with Gasteiger partial charge in [-0.15, -0.1) is 0 Å². The Labute approximate surface area is 166 Å². The number of hydrazone groups is 1. The van der Waals surface area contributed by atoms with Gasteiger partial charge in [-0.05, 0) is 25.3 Å². The molecule has 1 saturated carbocycles. The molecule has 3 aliphatic rings. The molecule has 2 aromatic rings. The van der Waals surface area contributed by atoms with E-state index in [1.807, 2.05) is 23.1 Å². The standard InChI is InChI=1S/C23H26N4O/c1-16-11-13-17(14-12-16)15-26-22(28)19-9-5-6-10-20(19)27-21(24-25-23(26)27)18-7-3-2-4-8-18/h2-4,7-8,11-14,19-20,23,25H,5-6,9-10,15H2,1H3. The summed E-state index contributed by atoms with van der Waals surface area (Å²) in [6.45, 7) is 2.69. The van der Waals surface area contributed by atoms with E-state index < -0.39 is 0 Å². The summed E-state index contributed by atoms with van der Waals surface area (Å²) >= 11 is 0. The fraction of sp³-hybridized carbons (Fsp3) is 0.391. The number of amides is 1. The zero-order chi connectivity index (χ0) is 19.1. The van der Waals surface area contributed by atoms with Crippen LogP contribution in [0.25, 0.3) is 0 Å². The molecule has 1 aliphatic carbocycles. The van der Waals surface area contributed by atoms with Gasteiger partial charge in [-0.2, -0.15) is 5.10 Å². The van der Waals surface area contributed by atoms with Crippen molar-refractivity contribution in [1.29, 1.82) is 0 Å². The lowest BCUT2D eigenvalue weighted by Crippen LogP contribution is -2.67. The molecule has 2 fully saturated rings. The maximum atomic E-state index is 13.4. The number of hydrogen-bond acceptors (Lipinski definition) is 4. The molecule has 0 spiro atoms. The molecule has 1 N–H and O–H groups in total. The van der Waals surface area contributed by atoms with Crippen LogP contribution in [0.5, 0.6) is 0 Å². The van der Waals surface area contributed by atoms with Gasteiger partial charge in [-0.3, -0.25) is 15.1 Å². The molecule has 5 heteroatoms. The summed E-state index contributed by atoms with van der Waals surface area (Å²) in [5.74, 6) is 1.29. The van der Waals surface area contributed by atoms with Gasteiger partial charge in [0, 0.05) is 18.2 Å². The molecule has 0 aromatic heterocycles. The Bertz CT molecular complexity index is 893. The van der Waals surface area contributed by atoms with Gasteiger partial charge in [0.2, 0.25) is 5.91 Å². The Morgan fingerprint density at radius 1 is 1.04 bits per heavy atom. The van der Waals surface area contributed by atoms with E-state index in [0.29, 0.717) is 6.54 Å². The van der Waals surface area contributed by atoms with Crippen LogP contribution in [0.4, 0.5) is 0 Å². The number of carbonyl (C=O) groups excluding carboxylic acids is 1. The molecule has 3 atom stereocenters. The number of aryl methyl sites for hydroxylation is 1. The summed E-state index contributed by atoms with van der Waals surface area (Å²) in [4.78, 5) is 17.8. The van der Waals surface area contributed by atoms with Crippen LogP contribution in [0.1, 0.15) is 42.4 Å². The lowest BCUT2D eigenvalue weighted by atomic mass is 9.80. The van der Waals surface area contributed by atoms with Crippen molar-refractivity contribution in [2.45, 2.75) is 51.5 Å². The molecule has 0 bridgehead atoms. The van der Waals surface area contributed by atoms with Gasteiger partial charge in [0.05, 0.1) is 5.92 Å². The Balaban J connectivity index is 1.49. The second-order valence-electron chi connectivity index (χ2n) is 8.12. The Kier molecular flexibility index (Phi) is 4.30. The summed E-state index contributed by atoms with van der Waals surface area (Å²) < 4.78 is 0. The highest BCUT2D eigenvalue weighted by atomic mass is 16.2. The van der Waals surface area contributed by atoms with Gasteiger partial charge < -0.3 is 4.90 Å². The first-order chi connectivity index (χ1) is 13.7. The van der Waals surface area contributed by atoms with Gasteiger partial charge in [0.1, 0.15) is 0 Å². The fourth-order valence-corrected chi connectivity index (χ4v) is 4.83. The minimum Gasteiger partial charge on any atom is -0.312 e. The molecule has 1 amide bonds. The van der Waals surface area contributed by atoms with Gasteiger partial charge in [0.25, 0.3) is 0 Å². The number of fused-ring (bicyclic) bond motifs is 3. The lowest BCUT2D eigenvalue weighted by Gasteiger charge is -2.50. The average molecular weight is 374 g/mol. The van der Waals surface area contributed by atoms with E-state index in [-0.39, 0.29) is 24.2 Å². The van der Waals surface area contributed by atoms with Crippen molar-refractivity contribution in [3.63, 3.8) is 0 Å². The van der Waals surface area contributed by atoms with Crippen molar-refractivity contribution in [3.8, 4) is 0 Å². The number of nitrogens with one attached hydrogen (secondary N) is 1. The maximum absolute atomic E-state index is 13.4. The minimum absolute atomic E-state index is 0.0595. The van der Waals surface area contributed by atoms with Crippen LogP contribution < -0.4 is 5.43 Å². The van der Waals surface area contributed by atoms with Crippen molar-refractivity contribution in [2.24, 2.45) is 11.0 Å². The highest BCUT2D eigenvalue weighted by Gasteiger charge is 2.50. The zero-order valence-electron chi connectivity index (χ0n) is 16.2. The number of amidine groups is 1. The highest BCUT2D eigenvalue weighted by Crippen LogP contribution is 2.38. The smallest absolute Gasteiger partial charge is 0.231 e. The molecule has 2 heterocycles. The normalized spacial score (nSPS) is 26.4. The second-order valence-corrected chi connectivity index (χ2v) is 8.12. The van der Waals surface area contributed by atoms with Crippen molar-refractivity contribution >= 4 is 11.7 Å². The van der Waals surface area contributed by atoms with E-state index in [0.717, 1.165) is 36.2 Å². The van der Waals surface area contributed by atoms with Gasteiger partial charge in [-0.1, -0.05) is 73.0 Å². The zero-order valence-corrected chi connectivity index (χ0v) is 16.2. The van der Waals surface area contributed by atoms with E-state index in [4.69, 9.17) is 0 Å². The third kappa shape index (κ3) is 2.86. The van der Waals surface area contributed by atoms with Crippen molar-refractivity contribution < 1.29 is 4.79 Å². The van der Waals surface area contributed by atoms with Crippen molar-refractivity contribution in [1.82, 2.24) is 15.2 Å². The molecular formula is C23H26N4O. The van der Waals surface area contributed by atoms with Crippen molar-refractivity contribution in [2.75, 3.05) is 0 Å². The molecule has 3 unspecified atom stereocenters. The highest BCUT2D eigenvalue weighted by molar-refractivity contribution is 6.01. The SMILES string of the molecule is Cc1ccc(CN2C(=O)C3CCCCC3N3C(c4ccccc4)=NNC23)cc1. The molecule has 0 radical (unpaired) electrons. The lowest BCUT2D eigenvalue weighted by molar-refractivity contribution is -0.156. The quantitative estimate of drug-likeness (QED) is 0.895. The van der Waals surface area contributed by atoms with Crippen LogP contribution in [0.15, 0.2) is 59.7 Å². The largest absolute Gasteiger partial charge is 0.312 e. The van der Waals surface area contributed by atoms with Gasteiger partial charge >= 0.3 is 0 Å². The first-order valence-corrected chi connectivity index (χ1v) is 10.3. The number of hydrogen-bond donors (Lipinski definition) is 1. The summed E-state index contributed by atoms with van der Waals surface area (Å²) in [6.07, 6.45) is 4.13. The predicted molar refractivity (Wildman–Crippen MR) is 109 cm³/mol. The molecule has 5 rings (SSSR count). The van der Waals surface area contributed by atoms with Crippen LogP contribution in [-0.4, -0.2) is 33.9 Å². The van der Waals surface area contributed by atoms with Gasteiger partial charge in [-0.25, -0.2) is 0 Å². The molecule has 144 valence electrons. The van der Waals surface area contributed by atoms with E-state index in [9.17, 15) is 4.79 Å². The summed E-state index contributed by atoms with van der Waals surface area (Å²) in [6, 6.07) is 19.0. The van der Waals surface area contributed by atoms with E-state index >= 15 is 0 Å². The van der Waals surface area contributed by atoms with Crippen molar-refractivity contribution in [3.05, 3.63) is 71.3 Å². The van der Waals surface area contributed by atoms with Crippen LogP contribution in [-0.2, 0) is 11.3 Å². The number of rotatable bonds is 3. The molecule has 5 nitrogen and oxygen atoms in total. The van der Waals surface area contributed by atoms with E-state index in [2.05, 4.69) is 58.7 Å². The molecule has 2 aliphatic heterocycles. The predicted octanol–water partition coefficient (Wildman–Crippen LogP) is 3.45. The summed E-state index contributed by atoms with van der Waals surface area (Å²) in [7, 11) is 0. The first kappa shape index (κ1) is 17.3.